The normalized spacial score (nSPS) is 18.2. The van der Waals surface area contributed by atoms with Gasteiger partial charge in [0.2, 0.25) is 5.91 Å². The molecule has 3 heterocycles. The fourth-order valence-corrected chi connectivity index (χ4v) is 5.16. The first-order valence-electron chi connectivity index (χ1n) is 9.91. The zero-order chi connectivity index (χ0) is 21.8. The van der Waals surface area contributed by atoms with Gasteiger partial charge in [-0.1, -0.05) is 29.8 Å². The highest BCUT2D eigenvalue weighted by Crippen LogP contribution is 2.43. The fourth-order valence-electron chi connectivity index (χ4n) is 3.63. The van der Waals surface area contributed by atoms with E-state index >= 15 is 0 Å². The van der Waals surface area contributed by atoms with Crippen molar-refractivity contribution in [1.29, 1.82) is 0 Å². The molecule has 1 saturated heterocycles. The fraction of sp³-hybridized carbons (Fsp3) is 0.261. The number of hydrogen-bond donors (Lipinski definition) is 1. The number of anilines is 1. The van der Waals surface area contributed by atoms with E-state index in [-0.39, 0.29) is 24.8 Å². The summed E-state index contributed by atoms with van der Waals surface area (Å²) in [5.74, 6) is -1.70. The SMILES string of the molecule is Cc1ccc(N2C(=O)CC(C(=O)OCC(=O)NCc3cccs3)C2c2cccs2)cc1. The molecular formula is C23H22N2O4S2. The summed E-state index contributed by atoms with van der Waals surface area (Å²) in [4.78, 5) is 41.5. The van der Waals surface area contributed by atoms with Crippen LogP contribution in [0, 0.1) is 12.8 Å². The lowest BCUT2D eigenvalue weighted by molar-refractivity contribution is -0.153. The van der Waals surface area contributed by atoms with Gasteiger partial charge in [-0.25, -0.2) is 0 Å². The van der Waals surface area contributed by atoms with Crippen LogP contribution in [0.3, 0.4) is 0 Å². The minimum atomic E-state index is -0.669. The second-order valence-corrected chi connectivity index (χ2v) is 9.35. The van der Waals surface area contributed by atoms with Crippen molar-refractivity contribution in [3.63, 3.8) is 0 Å². The predicted octanol–water partition coefficient (Wildman–Crippen LogP) is 4.07. The summed E-state index contributed by atoms with van der Waals surface area (Å²) in [6.45, 7) is 2.02. The first-order valence-corrected chi connectivity index (χ1v) is 11.7. The monoisotopic (exact) mass is 454 g/mol. The standard InChI is InChI=1S/C23H22N2O4S2/c1-15-6-8-16(9-7-15)25-21(27)12-18(22(25)19-5-3-11-31-19)23(28)29-14-20(26)24-13-17-4-2-10-30-17/h2-11,18,22H,12-14H2,1H3,(H,24,26). The summed E-state index contributed by atoms with van der Waals surface area (Å²) >= 11 is 3.04. The maximum Gasteiger partial charge on any atom is 0.312 e. The van der Waals surface area contributed by atoms with Gasteiger partial charge in [0.05, 0.1) is 18.5 Å². The molecule has 31 heavy (non-hydrogen) atoms. The number of hydrogen-bond acceptors (Lipinski definition) is 6. The molecule has 0 spiro atoms. The van der Waals surface area contributed by atoms with E-state index in [0.29, 0.717) is 6.54 Å². The average Bonchev–Trinajstić information content (AvgIpc) is 3.52. The van der Waals surface area contributed by atoms with Crippen LogP contribution in [0.2, 0.25) is 0 Å². The molecule has 160 valence electrons. The molecule has 8 heteroatoms. The summed E-state index contributed by atoms with van der Waals surface area (Å²) in [7, 11) is 0. The molecule has 1 aliphatic rings. The van der Waals surface area contributed by atoms with Gasteiger partial charge >= 0.3 is 5.97 Å². The summed E-state index contributed by atoms with van der Waals surface area (Å²) in [6, 6.07) is 14.9. The van der Waals surface area contributed by atoms with Crippen LogP contribution in [0.5, 0.6) is 0 Å². The van der Waals surface area contributed by atoms with Crippen molar-refractivity contribution in [3.8, 4) is 0 Å². The van der Waals surface area contributed by atoms with Gasteiger partial charge < -0.3 is 15.0 Å². The van der Waals surface area contributed by atoms with Gasteiger partial charge in [-0.15, -0.1) is 22.7 Å². The van der Waals surface area contributed by atoms with E-state index in [1.165, 1.54) is 11.3 Å². The highest BCUT2D eigenvalue weighted by Gasteiger charge is 2.46. The Hall–Kier alpha value is -2.97. The third-order valence-corrected chi connectivity index (χ3v) is 6.98. The molecule has 2 atom stereocenters. The van der Waals surface area contributed by atoms with Crippen molar-refractivity contribution in [3.05, 3.63) is 74.6 Å². The molecule has 1 aliphatic heterocycles. The van der Waals surface area contributed by atoms with Gasteiger partial charge in [0.1, 0.15) is 0 Å². The van der Waals surface area contributed by atoms with Gasteiger partial charge in [-0.2, -0.15) is 0 Å². The van der Waals surface area contributed by atoms with Crippen molar-refractivity contribution in [2.45, 2.75) is 25.9 Å². The Labute approximate surface area is 188 Å². The maximum absolute atomic E-state index is 12.9. The Morgan fingerprint density at radius 2 is 1.84 bits per heavy atom. The largest absolute Gasteiger partial charge is 0.455 e. The zero-order valence-corrected chi connectivity index (χ0v) is 18.6. The third kappa shape index (κ3) is 4.86. The number of ether oxygens (including phenoxy) is 1. The van der Waals surface area contributed by atoms with Crippen LogP contribution in [0.1, 0.15) is 27.8 Å². The molecule has 2 aromatic heterocycles. The second kappa shape index (κ2) is 9.45. The molecule has 2 amide bonds. The number of nitrogens with zero attached hydrogens (tertiary/aromatic N) is 1. The van der Waals surface area contributed by atoms with Gasteiger partial charge in [-0.05, 0) is 41.9 Å². The third-order valence-electron chi connectivity index (χ3n) is 5.16. The lowest BCUT2D eigenvalue weighted by atomic mass is 9.99. The van der Waals surface area contributed by atoms with E-state index in [1.54, 1.807) is 16.2 Å². The van der Waals surface area contributed by atoms with E-state index in [9.17, 15) is 14.4 Å². The summed E-state index contributed by atoms with van der Waals surface area (Å²) in [6.07, 6.45) is 0.0477. The second-order valence-electron chi connectivity index (χ2n) is 7.33. The van der Waals surface area contributed by atoms with Crippen LogP contribution < -0.4 is 10.2 Å². The van der Waals surface area contributed by atoms with Crippen molar-refractivity contribution in [2.75, 3.05) is 11.5 Å². The van der Waals surface area contributed by atoms with E-state index in [2.05, 4.69) is 5.32 Å². The molecule has 1 aromatic carbocycles. The molecule has 3 aromatic rings. The molecule has 4 rings (SSSR count). The van der Waals surface area contributed by atoms with Crippen molar-refractivity contribution < 1.29 is 19.1 Å². The summed E-state index contributed by atoms with van der Waals surface area (Å²) in [5, 5.41) is 6.59. The summed E-state index contributed by atoms with van der Waals surface area (Å²) in [5.41, 5.74) is 1.84. The molecule has 0 radical (unpaired) electrons. The molecular weight excluding hydrogens is 432 g/mol. The van der Waals surface area contributed by atoms with Crippen LogP contribution >= 0.6 is 22.7 Å². The predicted molar refractivity (Wildman–Crippen MR) is 121 cm³/mol. The zero-order valence-electron chi connectivity index (χ0n) is 16.9. The van der Waals surface area contributed by atoms with Gasteiger partial charge in [0.25, 0.3) is 5.91 Å². The van der Waals surface area contributed by atoms with Gasteiger partial charge in [0, 0.05) is 21.9 Å². The summed E-state index contributed by atoms with van der Waals surface area (Å²) < 4.78 is 5.32. The van der Waals surface area contributed by atoms with Crippen LogP contribution in [0.15, 0.2) is 59.3 Å². The van der Waals surface area contributed by atoms with Crippen LogP contribution in [0.4, 0.5) is 5.69 Å². The lowest BCUT2D eigenvalue weighted by Crippen LogP contribution is -2.32. The molecule has 0 saturated carbocycles. The molecule has 0 bridgehead atoms. The minimum absolute atomic E-state index is 0.0477. The Kier molecular flexibility index (Phi) is 6.48. The molecule has 0 aliphatic carbocycles. The number of rotatable bonds is 7. The average molecular weight is 455 g/mol. The van der Waals surface area contributed by atoms with Crippen LogP contribution in [0.25, 0.3) is 0 Å². The van der Waals surface area contributed by atoms with Crippen LogP contribution in [-0.2, 0) is 25.7 Å². The minimum Gasteiger partial charge on any atom is -0.455 e. The van der Waals surface area contributed by atoms with Gasteiger partial charge in [-0.3, -0.25) is 14.4 Å². The quantitative estimate of drug-likeness (QED) is 0.546. The topological polar surface area (TPSA) is 75.7 Å². The maximum atomic E-state index is 12.9. The highest BCUT2D eigenvalue weighted by molar-refractivity contribution is 7.10. The van der Waals surface area contributed by atoms with Crippen molar-refractivity contribution in [2.24, 2.45) is 5.92 Å². The number of benzene rings is 1. The first-order chi connectivity index (χ1) is 15.0. The molecule has 2 unspecified atom stereocenters. The van der Waals surface area contributed by atoms with Crippen LogP contribution in [-0.4, -0.2) is 24.4 Å². The van der Waals surface area contributed by atoms with E-state index in [4.69, 9.17) is 4.74 Å². The molecule has 6 nitrogen and oxygen atoms in total. The Morgan fingerprint density at radius 1 is 1.10 bits per heavy atom. The number of esters is 1. The number of amides is 2. The molecule has 1 N–H and O–H groups in total. The smallest absolute Gasteiger partial charge is 0.312 e. The number of nitrogens with one attached hydrogen (secondary N) is 1. The first kappa shape index (κ1) is 21.3. The lowest BCUT2D eigenvalue weighted by Gasteiger charge is -2.27. The Bertz CT molecular complexity index is 1050. The van der Waals surface area contributed by atoms with Gasteiger partial charge in [0.15, 0.2) is 6.61 Å². The van der Waals surface area contributed by atoms with Crippen molar-refractivity contribution >= 4 is 46.1 Å². The van der Waals surface area contributed by atoms with E-state index in [0.717, 1.165) is 21.0 Å². The number of aryl methyl sites for hydroxylation is 1. The van der Waals surface area contributed by atoms with Crippen molar-refractivity contribution in [1.82, 2.24) is 5.32 Å². The Balaban J connectivity index is 1.46. The molecule has 1 fully saturated rings. The van der Waals surface area contributed by atoms with E-state index < -0.39 is 17.9 Å². The highest BCUT2D eigenvalue weighted by atomic mass is 32.1. The number of carbonyl (C=O) groups excluding carboxylic acids is 3. The van der Waals surface area contributed by atoms with E-state index in [1.807, 2.05) is 66.2 Å². The number of thiophene rings is 2. The Morgan fingerprint density at radius 3 is 2.52 bits per heavy atom. The number of carbonyl (C=O) groups is 3.